The Morgan fingerprint density at radius 3 is 2.72 bits per heavy atom. The number of aromatic nitrogens is 1. The van der Waals surface area contributed by atoms with Crippen molar-refractivity contribution in [3.05, 3.63) is 52.7 Å². The van der Waals surface area contributed by atoms with Gasteiger partial charge in [-0.2, -0.15) is 0 Å². The minimum atomic E-state index is 0.368. The molecule has 0 aliphatic carbocycles. The number of nitrogens with zero attached hydrogens (tertiary/aromatic N) is 1. The first-order chi connectivity index (χ1) is 8.76. The summed E-state index contributed by atoms with van der Waals surface area (Å²) >= 11 is 6.19. The van der Waals surface area contributed by atoms with Crippen LogP contribution in [0.5, 0.6) is 11.6 Å². The summed E-state index contributed by atoms with van der Waals surface area (Å²) in [6, 6.07) is 9.63. The average Bonchev–Trinajstić information content (AvgIpc) is 2.42. The van der Waals surface area contributed by atoms with Crippen LogP contribution < -0.4 is 10.5 Å². The van der Waals surface area contributed by atoms with Crippen molar-refractivity contribution in [3.63, 3.8) is 0 Å². The van der Waals surface area contributed by atoms with E-state index in [0.717, 1.165) is 23.3 Å². The minimum Gasteiger partial charge on any atom is -0.437 e. The molecule has 0 bridgehead atoms. The number of rotatable bonds is 4. The van der Waals surface area contributed by atoms with Gasteiger partial charge in [-0.25, -0.2) is 4.98 Å². The van der Waals surface area contributed by atoms with Gasteiger partial charge in [0.05, 0.1) is 0 Å². The van der Waals surface area contributed by atoms with Crippen LogP contribution in [-0.4, -0.2) is 4.98 Å². The van der Waals surface area contributed by atoms with Gasteiger partial charge in [-0.05, 0) is 29.7 Å². The predicted octanol–water partition coefficient (Wildman–Crippen LogP) is 3.55. The van der Waals surface area contributed by atoms with Crippen LogP contribution in [-0.2, 0) is 13.0 Å². The van der Waals surface area contributed by atoms with Crippen molar-refractivity contribution in [2.75, 3.05) is 0 Å². The highest BCUT2D eigenvalue weighted by molar-refractivity contribution is 6.32. The molecule has 3 nitrogen and oxygen atoms in total. The lowest BCUT2D eigenvalue weighted by Gasteiger charge is -2.11. The second-order valence-electron chi connectivity index (χ2n) is 3.86. The Morgan fingerprint density at radius 2 is 2.00 bits per heavy atom. The van der Waals surface area contributed by atoms with Crippen molar-refractivity contribution in [2.24, 2.45) is 5.73 Å². The second-order valence-corrected chi connectivity index (χ2v) is 4.23. The molecule has 18 heavy (non-hydrogen) atoms. The van der Waals surface area contributed by atoms with Gasteiger partial charge >= 0.3 is 0 Å². The molecular formula is C14H15ClN2O. The molecule has 0 saturated carbocycles. The molecule has 0 fully saturated rings. The van der Waals surface area contributed by atoms with Crippen molar-refractivity contribution in [2.45, 2.75) is 19.9 Å². The van der Waals surface area contributed by atoms with Crippen LogP contribution in [0, 0.1) is 0 Å². The highest BCUT2D eigenvalue weighted by atomic mass is 35.5. The Hall–Kier alpha value is -1.58. The lowest BCUT2D eigenvalue weighted by molar-refractivity contribution is 0.457. The summed E-state index contributed by atoms with van der Waals surface area (Å²) in [5, 5.41) is 0.478. The zero-order chi connectivity index (χ0) is 13.0. The first-order valence-corrected chi connectivity index (χ1v) is 6.23. The van der Waals surface area contributed by atoms with Crippen LogP contribution in [0.15, 0.2) is 36.5 Å². The highest BCUT2D eigenvalue weighted by Gasteiger charge is 2.10. The number of hydrogen-bond donors (Lipinski definition) is 1. The summed E-state index contributed by atoms with van der Waals surface area (Å²) in [7, 11) is 0. The summed E-state index contributed by atoms with van der Waals surface area (Å²) in [5.41, 5.74) is 7.55. The summed E-state index contributed by atoms with van der Waals surface area (Å²) in [4.78, 5) is 4.15. The predicted molar refractivity (Wildman–Crippen MR) is 73.0 cm³/mol. The van der Waals surface area contributed by atoms with E-state index in [1.807, 2.05) is 24.3 Å². The molecule has 2 rings (SSSR count). The molecule has 0 atom stereocenters. The Labute approximate surface area is 112 Å². The monoisotopic (exact) mass is 262 g/mol. The van der Waals surface area contributed by atoms with E-state index in [9.17, 15) is 0 Å². The molecule has 0 amide bonds. The molecule has 0 unspecified atom stereocenters. The third-order valence-electron chi connectivity index (χ3n) is 2.72. The third kappa shape index (κ3) is 2.63. The third-order valence-corrected chi connectivity index (χ3v) is 3.12. The summed E-state index contributed by atoms with van der Waals surface area (Å²) in [6.45, 7) is 2.45. The maximum absolute atomic E-state index is 6.19. The minimum absolute atomic E-state index is 0.368. The molecule has 1 heterocycles. The Kier molecular flexibility index (Phi) is 4.18. The first kappa shape index (κ1) is 12.9. The van der Waals surface area contributed by atoms with Gasteiger partial charge in [0, 0.05) is 12.7 Å². The molecule has 1 aromatic heterocycles. The lowest BCUT2D eigenvalue weighted by Crippen LogP contribution is -2.00. The number of para-hydroxylation sites is 1. The number of pyridine rings is 1. The van der Waals surface area contributed by atoms with Crippen LogP contribution in [0.1, 0.15) is 18.1 Å². The molecule has 94 valence electrons. The Morgan fingerprint density at radius 1 is 1.22 bits per heavy atom. The van der Waals surface area contributed by atoms with Gasteiger partial charge in [-0.1, -0.05) is 36.7 Å². The van der Waals surface area contributed by atoms with E-state index in [4.69, 9.17) is 22.1 Å². The fourth-order valence-corrected chi connectivity index (χ4v) is 1.92. The second kappa shape index (κ2) is 5.85. The molecule has 0 aliphatic rings. The number of hydrogen-bond acceptors (Lipinski definition) is 3. The topological polar surface area (TPSA) is 48.1 Å². The maximum Gasteiger partial charge on any atom is 0.238 e. The molecule has 0 spiro atoms. The molecule has 0 aliphatic heterocycles. The molecule has 4 heteroatoms. The van der Waals surface area contributed by atoms with E-state index in [0.29, 0.717) is 17.4 Å². The number of benzene rings is 1. The summed E-state index contributed by atoms with van der Waals surface area (Å²) in [5.74, 6) is 1.18. The number of ether oxygens (including phenoxy) is 1. The van der Waals surface area contributed by atoms with Crippen molar-refractivity contribution in [1.82, 2.24) is 4.98 Å². The fraction of sp³-hybridized carbons (Fsp3) is 0.214. The average molecular weight is 263 g/mol. The maximum atomic E-state index is 6.19. The smallest absolute Gasteiger partial charge is 0.238 e. The standard InChI is InChI=1S/C14H15ClN2O/c1-2-10-5-3-4-6-12(10)18-14-13(15)11(9-16)7-8-17-14/h3-8H,2,9,16H2,1H3. The van der Waals surface area contributed by atoms with Gasteiger partial charge in [0.2, 0.25) is 5.88 Å². The molecule has 2 aromatic rings. The zero-order valence-electron chi connectivity index (χ0n) is 10.2. The SMILES string of the molecule is CCc1ccccc1Oc1nccc(CN)c1Cl. The van der Waals surface area contributed by atoms with Gasteiger partial charge in [0.1, 0.15) is 10.8 Å². The van der Waals surface area contributed by atoms with Gasteiger partial charge in [0.25, 0.3) is 0 Å². The Balaban J connectivity index is 2.34. The molecule has 1 aromatic carbocycles. The van der Waals surface area contributed by atoms with Crippen molar-refractivity contribution in [3.8, 4) is 11.6 Å². The molecule has 0 saturated heterocycles. The number of halogens is 1. The van der Waals surface area contributed by atoms with Crippen LogP contribution in [0.4, 0.5) is 0 Å². The van der Waals surface area contributed by atoms with Crippen molar-refractivity contribution >= 4 is 11.6 Å². The first-order valence-electron chi connectivity index (χ1n) is 5.85. The largest absolute Gasteiger partial charge is 0.437 e. The van der Waals surface area contributed by atoms with E-state index in [-0.39, 0.29) is 0 Å². The van der Waals surface area contributed by atoms with E-state index in [1.165, 1.54) is 0 Å². The highest BCUT2D eigenvalue weighted by Crippen LogP contribution is 2.31. The lowest BCUT2D eigenvalue weighted by atomic mass is 10.1. The van der Waals surface area contributed by atoms with Crippen molar-refractivity contribution in [1.29, 1.82) is 0 Å². The van der Waals surface area contributed by atoms with Gasteiger partial charge < -0.3 is 10.5 Å². The van der Waals surface area contributed by atoms with Crippen LogP contribution >= 0.6 is 11.6 Å². The van der Waals surface area contributed by atoms with Crippen molar-refractivity contribution < 1.29 is 4.74 Å². The van der Waals surface area contributed by atoms with Gasteiger partial charge in [-0.3, -0.25) is 0 Å². The fourth-order valence-electron chi connectivity index (χ4n) is 1.69. The van der Waals surface area contributed by atoms with Gasteiger partial charge in [-0.15, -0.1) is 0 Å². The van der Waals surface area contributed by atoms with Crippen LogP contribution in [0.2, 0.25) is 5.02 Å². The molecular weight excluding hydrogens is 248 g/mol. The number of aryl methyl sites for hydroxylation is 1. The zero-order valence-corrected chi connectivity index (χ0v) is 10.9. The molecule has 2 N–H and O–H groups in total. The Bertz CT molecular complexity index is 543. The van der Waals surface area contributed by atoms with Crippen LogP contribution in [0.25, 0.3) is 0 Å². The summed E-state index contributed by atoms with van der Waals surface area (Å²) in [6.07, 6.45) is 2.54. The van der Waals surface area contributed by atoms with Crippen LogP contribution in [0.3, 0.4) is 0 Å². The number of nitrogens with two attached hydrogens (primary N) is 1. The quantitative estimate of drug-likeness (QED) is 0.917. The molecule has 0 radical (unpaired) electrons. The normalized spacial score (nSPS) is 10.4. The van der Waals surface area contributed by atoms with E-state index >= 15 is 0 Å². The van der Waals surface area contributed by atoms with E-state index in [1.54, 1.807) is 12.3 Å². The van der Waals surface area contributed by atoms with Gasteiger partial charge in [0.15, 0.2) is 0 Å². The van der Waals surface area contributed by atoms with E-state index < -0.39 is 0 Å². The summed E-state index contributed by atoms with van der Waals surface area (Å²) < 4.78 is 5.78. The van der Waals surface area contributed by atoms with E-state index in [2.05, 4.69) is 11.9 Å².